The number of hydrogen-bond donors (Lipinski definition) is 2. The molecule has 0 aliphatic carbocycles. The van der Waals surface area contributed by atoms with Crippen LogP contribution in [0.4, 0.5) is 0 Å². The van der Waals surface area contributed by atoms with Crippen molar-refractivity contribution in [2.45, 2.75) is 58.0 Å². The van der Waals surface area contributed by atoms with Crippen LogP contribution in [0, 0.1) is 0 Å². The van der Waals surface area contributed by atoms with Gasteiger partial charge in [0, 0.05) is 30.8 Å². The molecule has 3 aromatic rings. The van der Waals surface area contributed by atoms with Crippen molar-refractivity contribution in [1.29, 1.82) is 0 Å². The van der Waals surface area contributed by atoms with Gasteiger partial charge in [-0.1, -0.05) is 42.8 Å². The van der Waals surface area contributed by atoms with Crippen molar-refractivity contribution in [1.82, 2.24) is 20.2 Å². The smallest absolute Gasteiger partial charge is 0.134 e. The van der Waals surface area contributed by atoms with Crippen LogP contribution in [0.15, 0.2) is 54.7 Å². The molecular formula is C28H35ClN4O. The van der Waals surface area contributed by atoms with Gasteiger partial charge in [-0.15, -0.1) is 0 Å². The van der Waals surface area contributed by atoms with E-state index in [1.54, 1.807) is 6.07 Å². The molecule has 1 aliphatic heterocycles. The third-order valence-corrected chi connectivity index (χ3v) is 6.83. The van der Waals surface area contributed by atoms with E-state index in [1.807, 2.05) is 24.4 Å². The van der Waals surface area contributed by atoms with Crippen LogP contribution in [0.25, 0.3) is 11.3 Å². The van der Waals surface area contributed by atoms with Crippen LogP contribution in [-0.2, 0) is 19.4 Å². The average Bonchev–Trinajstić information content (AvgIpc) is 2.87. The van der Waals surface area contributed by atoms with E-state index in [9.17, 15) is 5.11 Å². The van der Waals surface area contributed by atoms with E-state index in [4.69, 9.17) is 16.6 Å². The number of nitrogens with zero attached hydrogens (tertiary/aromatic N) is 3. The van der Waals surface area contributed by atoms with Gasteiger partial charge in [-0.3, -0.25) is 4.90 Å². The minimum absolute atomic E-state index is 0.122. The third kappa shape index (κ3) is 6.78. The summed E-state index contributed by atoms with van der Waals surface area (Å²) in [5, 5.41) is 13.5. The van der Waals surface area contributed by atoms with E-state index < -0.39 is 0 Å². The van der Waals surface area contributed by atoms with Crippen LogP contribution in [0.3, 0.4) is 0 Å². The number of rotatable bonds is 10. The number of halogens is 1. The van der Waals surface area contributed by atoms with Crippen LogP contribution < -0.4 is 5.32 Å². The lowest BCUT2D eigenvalue weighted by Crippen LogP contribution is -2.43. The Hall–Kier alpha value is -2.47. The summed E-state index contributed by atoms with van der Waals surface area (Å²) in [6, 6.07) is 16.9. The zero-order chi connectivity index (χ0) is 23.8. The van der Waals surface area contributed by atoms with Crippen molar-refractivity contribution in [3.8, 4) is 17.0 Å². The first-order valence-electron chi connectivity index (χ1n) is 12.5. The van der Waals surface area contributed by atoms with Crippen molar-refractivity contribution in [3.05, 3.63) is 76.7 Å². The molecule has 1 aromatic heterocycles. The maximum absolute atomic E-state index is 9.59. The van der Waals surface area contributed by atoms with Gasteiger partial charge in [0.25, 0.3) is 0 Å². The maximum Gasteiger partial charge on any atom is 0.134 e. The summed E-state index contributed by atoms with van der Waals surface area (Å²) in [6.45, 7) is 6.63. The Labute approximate surface area is 208 Å². The highest BCUT2D eigenvalue weighted by Crippen LogP contribution is 2.25. The van der Waals surface area contributed by atoms with E-state index in [0.29, 0.717) is 11.1 Å². The first-order chi connectivity index (χ1) is 16.6. The normalized spacial score (nSPS) is 14.6. The zero-order valence-corrected chi connectivity index (χ0v) is 20.8. The second-order valence-corrected chi connectivity index (χ2v) is 9.56. The van der Waals surface area contributed by atoms with Crippen molar-refractivity contribution in [3.63, 3.8) is 0 Å². The highest BCUT2D eigenvalue weighted by Gasteiger charge is 2.20. The Bertz CT molecular complexity index is 1070. The molecule has 180 valence electrons. The lowest BCUT2D eigenvalue weighted by atomic mass is 10.0. The molecule has 0 spiro atoms. The molecule has 1 fully saturated rings. The SMILES string of the molecule is CCCN(Cc1cccc(-c2ccnc(CCCc3ccc(O)c(Cl)c3)n2)c1)C1CCNCC1. The van der Waals surface area contributed by atoms with Gasteiger partial charge in [-0.2, -0.15) is 0 Å². The fraction of sp³-hybridized carbons (Fsp3) is 0.429. The van der Waals surface area contributed by atoms with Crippen molar-refractivity contribution >= 4 is 11.6 Å². The quantitative estimate of drug-likeness (QED) is 0.394. The molecule has 1 saturated heterocycles. The summed E-state index contributed by atoms with van der Waals surface area (Å²) in [5.41, 5.74) is 4.57. The molecule has 0 radical (unpaired) electrons. The van der Waals surface area contributed by atoms with Crippen LogP contribution in [-0.4, -0.2) is 45.7 Å². The Kier molecular flexibility index (Phi) is 8.91. The summed E-state index contributed by atoms with van der Waals surface area (Å²) in [7, 11) is 0. The van der Waals surface area contributed by atoms with Gasteiger partial charge in [-0.25, -0.2) is 9.97 Å². The minimum atomic E-state index is 0.122. The summed E-state index contributed by atoms with van der Waals surface area (Å²) >= 11 is 6.02. The second-order valence-electron chi connectivity index (χ2n) is 9.15. The lowest BCUT2D eigenvalue weighted by Gasteiger charge is -2.34. The molecule has 0 saturated carbocycles. The Morgan fingerprint density at radius 3 is 2.71 bits per heavy atom. The average molecular weight is 479 g/mol. The first kappa shape index (κ1) is 24.6. The first-order valence-corrected chi connectivity index (χ1v) is 12.8. The summed E-state index contributed by atoms with van der Waals surface area (Å²) < 4.78 is 0. The highest BCUT2D eigenvalue weighted by atomic mass is 35.5. The van der Waals surface area contributed by atoms with Crippen molar-refractivity contribution in [2.24, 2.45) is 0 Å². The molecule has 2 N–H and O–H groups in total. The summed E-state index contributed by atoms with van der Waals surface area (Å²) in [4.78, 5) is 12.0. The molecule has 0 bridgehead atoms. The Morgan fingerprint density at radius 1 is 1.06 bits per heavy atom. The van der Waals surface area contributed by atoms with Gasteiger partial charge in [0.15, 0.2) is 0 Å². The summed E-state index contributed by atoms with van der Waals surface area (Å²) in [5.74, 6) is 0.979. The third-order valence-electron chi connectivity index (χ3n) is 6.53. The van der Waals surface area contributed by atoms with Gasteiger partial charge in [0.05, 0.1) is 10.7 Å². The number of phenolic OH excluding ortho intramolecular Hbond substituents is 1. The molecule has 0 amide bonds. The molecule has 2 aromatic carbocycles. The number of phenols is 1. The van der Waals surface area contributed by atoms with Crippen LogP contribution in [0.1, 0.15) is 49.6 Å². The molecule has 0 unspecified atom stereocenters. The fourth-order valence-electron chi connectivity index (χ4n) is 4.75. The van der Waals surface area contributed by atoms with Crippen molar-refractivity contribution < 1.29 is 5.11 Å². The zero-order valence-electron chi connectivity index (χ0n) is 20.0. The monoisotopic (exact) mass is 478 g/mol. The number of benzene rings is 2. The minimum Gasteiger partial charge on any atom is -0.506 e. The largest absolute Gasteiger partial charge is 0.506 e. The Balaban J connectivity index is 1.40. The molecule has 2 heterocycles. The predicted octanol–water partition coefficient (Wildman–Crippen LogP) is 5.64. The molecule has 6 heteroatoms. The summed E-state index contributed by atoms with van der Waals surface area (Å²) in [6.07, 6.45) is 8.08. The molecule has 34 heavy (non-hydrogen) atoms. The number of hydrogen-bond acceptors (Lipinski definition) is 5. The van der Waals surface area contributed by atoms with Gasteiger partial charge in [0.2, 0.25) is 0 Å². The highest BCUT2D eigenvalue weighted by molar-refractivity contribution is 6.32. The molecular weight excluding hydrogens is 444 g/mol. The topological polar surface area (TPSA) is 61.3 Å². The van der Waals surface area contributed by atoms with Crippen LogP contribution >= 0.6 is 11.6 Å². The van der Waals surface area contributed by atoms with E-state index >= 15 is 0 Å². The predicted molar refractivity (Wildman–Crippen MR) is 139 cm³/mol. The molecule has 1 aliphatic rings. The van der Waals surface area contributed by atoms with E-state index in [1.165, 1.54) is 24.8 Å². The standard InChI is InChI=1S/C28H35ClN4O/c1-2-17-33(24-11-14-30-15-12-24)20-22-6-3-7-23(18-22)26-13-16-31-28(32-26)8-4-5-21-9-10-27(34)25(29)19-21/h3,6-7,9-10,13,16,18-19,24,30,34H,2,4-5,8,11-12,14-15,17,20H2,1H3. The number of aromatic hydroxyl groups is 1. The second kappa shape index (κ2) is 12.3. The maximum atomic E-state index is 9.59. The number of nitrogens with one attached hydrogen (secondary N) is 1. The van der Waals surface area contributed by atoms with Gasteiger partial charge in [0.1, 0.15) is 11.6 Å². The molecule has 5 nitrogen and oxygen atoms in total. The number of piperidine rings is 1. The Morgan fingerprint density at radius 2 is 1.91 bits per heavy atom. The lowest BCUT2D eigenvalue weighted by molar-refractivity contribution is 0.154. The van der Waals surface area contributed by atoms with Crippen LogP contribution in [0.2, 0.25) is 5.02 Å². The van der Waals surface area contributed by atoms with Crippen molar-refractivity contribution in [2.75, 3.05) is 19.6 Å². The van der Waals surface area contributed by atoms with E-state index in [2.05, 4.69) is 46.4 Å². The molecule has 0 atom stereocenters. The fourth-order valence-corrected chi connectivity index (χ4v) is 4.95. The van der Waals surface area contributed by atoms with E-state index in [-0.39, 0.29) is 5.75 Å². The number of aromatic nitrogens is 2. The van der Waals surface area contributed by atoms with Crippen LogP contribution in [0.5, 0.6) is 5.75 Å². The molecule has 4 rings (SSSR count). The number of aryl methyl sites for hydroxylation is 2. The van der Waals surface area contributed by atoms with E-state index in [0.717, 1.165) is 68.1 Å². The van der Waals surface area contributed by atoms with Gasteiger partial charge >= 0.3 is 0 Å². The van der Waals surface area contributed by atoms with Gasteiger partial charge in [-0.05, 0) is 87.1 Å². The van der Waals surface area contributed by atoms with Gasteiger partial charge < -0.3 is 10.4 Å².